The van der Waals surface area contributed by atoms with Gasteiger partial charge in [0.25, 0.3) is 5.56 Å². The number of benzene rings is 1. The lowest BCUT2D eigenvalue weighted by Crippen LogP contribution is -2.38. The van der Waals surface area contributed by atoms with E-state index in [1.54, 1.807) is 17.8 Å². The van der Waals surface area contributed by atoms with E-state index in [9.17, 15) is 4.79 Å². The maximum Gasteiger partial charge on any atom is 0.277 e. The molecule has 2 atom stereocenters. The highest BCUT2D eigenvalue weighted by atomic mass is 35.5. The Morgan fingerprint density at radius 1 is 1.20 bits per heavy atom. The first-order chi connectivity index (χ1) is 16.8. The quantitative estimate of drug-likeness (QED) is 0.508. The number of ether oxygens (including phenoxy) is 1. The number of aryl methyl sites for hydroxylation is 1. The summed E-state index contributed by atoms with van der Waals surface area (Å²) in [6.45, 7) is 5.95. The Morgan fingerprint density at radius 2 is 2.00 bits per heavy atom. The van der Waals surface area contributed by atoms with E-state index in [2.05, 4.69) is 15.2 Å². The SMILES string of the molecule is CCO[C@H]1CN(c2ccccn2)C[C@H]1Nc1c(CC)nc(-c2ccc(N(C)C)cc2Cl)n(C)c1=O. The summed E-state index contributed by atoms with van der Waals surface area (Å²) in [6, 6.07) is 11.6. The van der Waals surface area contributed by atoms with Crippen molar-refractivity contribution < 1.29 is 4.74 Å². The van der Waals surface area contributed by atoms with E-state index >= 15 is 0 Å². The Balaban J connectivity index is 1.68. The summed E-state index contributed by atoms with van der Waals surface area (Å²) >= 11 is 6.61. The fourth-order valence-electron chi connectivity index (χ4n) is 4.46. The molecular formula is C26H33ClN6O2. The molecule has 1 fully saturated rings. The van der Waals surface area contributed by atoms with Gasteiger partial charge < -0.3 is 19.9 Å². The predicted octanol–water partition coefficient (Wildman–Crippen LogP) is 3.83. The zero-order valence-electron chi connectivity index (χ0n) is 21.0. The monoisotopic (exact) mass is 496 g/mol. The number of hydrogen-bond acceptors (Lipinski definition) is 7. The summed E-state index contributed by atoms with van der Waals surface area (Å²) in [6.07, 6.45) is 2.31. The molecule has 1 aromatic carbocycles. The first kappa shape index (κ1) is 25.0. The first-order valence-electron chi connectivity index (χ1n) is 11.9. The van der Waals surface area contributed by atoms with Gasteiger partial charge in [0.1, 0.15) is 17.3 Å². The maximum absolute atomic E-state index is 13.6. The molecule has 0 bridgehead atoms. The number of nitrogens with one attached hydrogen (secondary N) is 1. The first-order valence-corrected chi connectivity index (χ1v) is 12.3. The van der Waals surface area contributed by atoms with Crippen molar-refractivity contribution >= 4 is 28.8 Å². The van der Waals surface area contributed by atoms with E-state index in [-0.39, 0.29) is 17.7 Å². The van der Waals surface area contributed by atoms with E-state index in [4.69, 9.17) is 21.3 Å². The highest BCUT2D eigenvalue weighted by Gasteiger charge is 2.35. The second kappa shape index (κ2) is 10.7. The third kappa shape index (κ3) is 5.13. The summed E-state index contributed by atoms with van der Waals surface area (Å²) in [4.78, 5) is 27.1. The minimum Gasteiger partial charge on any atom is -0.378 e. The van der Waals surface area contributed by atoms with Crippen LogP contribution in [0, 0.1) is 0 Å². The fourth-order valence-corrected chi connectivity index (χ4v) is 4.72. The van der Waals surface area contributed by atoms with Crippen molar-refractivity contribution in [2.24, 2.45) is 7.05 Å². The zero-order valence-corrected chi connectivity index (χ0v) is 21.7. The summed E-state index contributed by atoms with van der Waals surface area (Å²) in [7, 11) is 5.66. The van der Waals surface area contributed by atoms with Crippen LogP contribution in [0.2, 0.25) is 5.02 Å². The molecule has 4 rings (SSSR count). The van der Waals surface area contributed by atoms with Gasteiger partial charge in [-0.25, -0.2) is 9.97 Å². The van der Waals surface area contributed by atoms with Gasteiger partial charge in [-0.3, -0.25) is 9.36 Å². The minimum absolute atomic E-state index is 0.0782. The van der Waals surface area contributed by atoms with Crippen molar-refractivity contribution in [2.45, 2.75) is 32.4 Å². The van der Waals surface area contributed by atoms with Gasteiger partial charge in [0, 0.05) is 58.3 Å². The number of nitrogens with zero attached hydrogens (tertiary/aromatic N) is 5. The largest absolute Gasteiger partial charge is 0.378 e. The van der Waals surface area contributed by atoms with E-state index < -0.39 is 0 Å². The summed E-state index contributed by atoms with van der Waals surface area (Å²) in [5, 5.41) is 4.05. The molecule has 2 aromatic heterocycles. The average Bonchev–Trinajstić information content (AvgIpc) is 3.25. The van der Waals surface area contributed by atoms with E-state index in [1.165, 1.54) is 0 Å². The Morgan fingerprint density at radius 3 is 2.63 bits per heavy atom. The molecule has 1 N–H and O–H groups in total. The fraction of sp³-hybridized carbons (Fsp3) is 0.423. The lowest BCUT2D eigenvalue weighted by molar-refractivity contribution is 0.0719. The lowest BCUT2D eigenvalue weighted by Gasteiger charge is -2.23. The molecule has 0 amide bonds. The summed E-state index contributed by atoms with van der Waals surface area (Å²) in [5.41, 5.74) is 2.80. The molecule has 0 aliphatic carbocycles. The second-order valence-electron chi connectivity index (χ2n) is 8.87. The Bertz CT molecular complexity index is 1230. The van der Waals surface area contributed by atoms with Crippen LogP contribution in [0.15, 0.2) is 47.4 Å². The normalized spacial score (nSPS) is 17.6. The molecule has 0 radical (unpaired) electrons. The molecule has 3 aromatic rings. The highest BCUT2D eigenvalue weighted by molar-refractivity contribution is 6.33. The topological polar surface area (TPSA) is 75.5 Å². The molecule has 0 unspecified atom stereocenters. The molecule has 1 saturated heterocycles. The number of rotatable bonds is 8. The van der Waals surface area contributed by atoms with Crippen molar-refractivity contribution in [1.29, 1.82) is 0 Å². The number of pyridine rings is 1. The molecule has 35 heavy (non-hydrogen) atoms. The molecule has 1 aliphatic rings. The molecule has 3 heterocycles. The number of anilines is 3. The van der Waals surface area contributed by atoms with E-state index in [0.29, 0.717) is 48.3 Å². The standard InChI is InChI=1S/C26H33ClN6O2/c1-6-20-24(29-21-15-33(16-22(21)35-7-2)23-10-8-9-13-28-23)26(34)32(5)25(30-20)18-12-11-17(31(3)4)14-19(18)27/h8-14,21-22,29H,6-7,15-16H2,1-5H3/t21-,22+/m1/s1. The average molecular weight is 497 g/mol. The number of aromatic nitrogens is 3. The molecular weight excluding hydrogens is 464 g/mol. The van der Waals surface area contributed by atoms with Crippen LogP contribution in [0.5, 0.6) is 0 Å². The zero-order chi connectivity index (χ0) is 25.1. The van der Waals surface area contributed by atoms with Gasteiger partial charge in [-0.15, -0.1) is 0 Å². The molecule has 0 saturated carbocycles. The second-order valence-corrected chi connectivity index (χ2v) is 9.28. The van der Waals surface area contributed by atoms with Crippen LogP contribution >= 0.6 is 11.6 Å². The molecule has 0 spiro atoms. The van der Waals surface area contributed by atoms with Crippen LogP contribution in [-0.2, 0) is 18.2 Å². The van der Waals surface area contributed by atoms with Crippen molar-refractivity contribution in [1.82, 2.24) is 14.5 Å². The molecule has 8 nitrogen and oxygen atoms in total. The Labute approximate surface area is 211 Å². The van der Waals surface area contributed by atoms with Crippen LogP contribution < -0.4 is 20.7 Å². The number of hydrogen-bond donors (Lipinski definition) is 1. The van der Waals surface area contributed by atoms with Gasteiger partial charge in [-0.1, -0.05) is 24.6 Å². The highest BCUT2D eigenvalue weighted by Crippen LogP contribution is 2.31. The smallest absolute Gasteiger partial charge is 0.277 e. The predicted molar refractivity (Wildman–Crippen MR) is 143 cm³/mol. The Kier molecular flexibility index (Phi) is 7.62. The van der Waals surface area contributed by atoms with Crippen LogP contribution in [0.1, 0.15) is 19.5 Å². The maximum atomic E-state index is 13.6. The molecule has 1 aliphatic heterocycles. The summed E-state index contributed by atoms with van der Waals surface area (Å²) in [5.74, 6) is 1.45. The van der Waals surface area contributed by atoms with Gasteiger partial charge in [0.15, 0.2) is 0 Å². The van der Waals surface area contributed by atoms with E-state index in [1.807, 2.05) is 69.2 Å². The van der Waals surface area contributed by atoms with Crippen LogP contribution in [0.3, 0.4) is 0 Å². The Hall–Kier alpha value is -3.10. The van der Waals surface area contributed by atoms with Crippen LogP contribution in [0.4, 0.5) is 17.2 Å². The van der Waals surface area contributed by atoms with Gasteiger partial charge in [0.2, 0.25) is 0 Å². The van der Waals surface area contributed by atoms with Gasteiger partial charge in [-0.05, 0) is 43.7 Å². The molecule has 9 heteroatoms. The lowest BCUT2D eigenvalue weighted by atomic mass is 10.1. The van der Waals surface area contributed by atoms with Crippen LogP contribution in [0.25, 0.3) is 11.4 Å². The minimum atomic E-state index is -0.133. The van der Waals surface area contributed by atoms with Crippen LogP contribution in [-0.4, -0.2) is 60.5 Å². The molecule has 186 valence electrons. The van der Waals surface area contributed by atoms with Gasteiger partial charge in [-0.2, -0.15) is 0 Å². The summed E-state index contributed by atoms with van der Waals surface area (Å²) < 4.78 is 7.61. The van der Waals surface area contributed by atoms with E-state index in [0.717, 1.165) is 17.1 Å². The third-order valence-corrected chi connectivity index (χ3v) is 6.67. The van der Waals surface area contributed by atoms with Crippen molar-refractivity contribution in [3.63, 3.8) is 0 Å². The van der Waals surface area contributed by atoms with Gasteiger partial charge >= 0.3 is 0 Å². The van der Waals surface area contributed by atoms with Crippen molar-refractivity contribution in [2.75, 3.05) is 48.9 Å². The number of halogens is 1. The van der Waals surface area contributed by atoms with Crippen molar-refractivity contribution in [3.8, 4) is 11.4 Å². The third-order valence-electron chi connectivity index (χ3n) is 6.36. The van der Waals surface area contributed by atoms with Crippen molar-refractivity contribution in [3.05, 3.63) is 63.7 Å². The van der Waals surface area contributed by atoms with Gasteiger partial charge in [0.05, 0.1) is 22.9 Å².